The van der Waals surface area contributed by atoms with Gasteiger partial charge in [-0.05, 0) is 13.0 Å². The fourth-order valence-electron chi connectivity index (χ4n) is 2.39. The average Bonchev–Trinajstić information content (AvgIpc) is 3.00. The second kappa shape index (κ2) is 6.20. The molecule has 0 bridgehead atoms. The van der Waals surface area contributed by atoms with Gasteiger partial charge < -0.3 is 9.52 Å². The molecule has 2 aromatic carbocycles. The molecule has 3 rings (SSSR count). The largest absolute Gasteiger partial charge is 0.437 e. The molecule has 0 radical (unpaired) electrons. The number of aromatic nitrogens is 1. The number of hydrogen-bond acceptors (Lipinski definition) is 5. The molecule has 0 amide bonds. The van der Waals surface area contributed by atoms with E-state index in [2.05, 4.69) is 4.98 Å². The van der Waals surface area contributed by atoms with Gasteiger partial charge in [0.25, 0.3) is 0 Å². The first kappa shape index (κ1) is 16.4. The van der Waals surface area contributed by atoms with E-state index in [1.165, 1.54) is 13.0 Å². The Morgan fingerprint density at radius 1 is 1.08 bits per heavy atom. The van der Waals surface area contributed by atoms with E-state index in [1.807, 2.05) is 30.3 Å². The molecule has 0 saturated heterocycles. The van der Waals surface area contributed by atoms with Crippen LogP contribution in [0, 0.1) is 0 Å². The summed E-state index contributed by atoms with van der Waals surface area (Å²) < 4.78 is 29.5. The Morgan fingerprint density at radius 2 is 1.71 bits per heavy atom. The summed E-state index contributed by atoms with van der Waals surface area (Å²) in [5, 5.41) is 15.1. The van der Waals surface area contributed by atoms with Crippen molar-refractivity contribution in [2.75, 3.05) is 0 Å². The molecular weight excluding hydrogens is 328 g/mol. The van der Waals surface area contributed by atoms with Gasteiger partial charge in [0.15, 0.2) is 5.76 Å². The lowest BCUT2D eigenvalue weighted by atomic mass is 10.1. The minimum atomic E-state index is -3.94. The fraction of sp³-hybridized carbons (Fsp3) is 0.118. The summed E-state index contributed by atoms with van der Waals surface area (Å²) in [6.07, 6.45) is -0.928. The lowest BCUT2D eigenvalue weighted by Crippen LogP contribution is -2.13. The Bertz CT molecular complexity index is 963. The minimum absolute atomic E-state index is 0.0485. The van der Waals surface area contributed by atoms with E-state index in [4.69, 9.17) is 9.56 Å². The Morgan fingerprint density at radius 3 is 2.33 bits per heavy atom. The van der Waals surface area contributed by atoms with Crippen LogP contribution >= 0.6 is 0 Å². The van der Waals surface area contributed by atoms with Gasteiger partial charge >= 0.3 is 0 Å². The van der Waals surface area contributed by atoms with Gasteiger partial charge in [0.2, 0.25) is 15.9 Å². The van der Waals surface area contributed by atoms with E-state index >= 15 is 0 Å². The van der Waals surface area contributed by atoms with Crippen molar-refractivity contribution >= 4 is 10.0 Å². The molecule has 124 valence electrons. The first-order chi connectivity index (χ1) is 11.4. The van der Waals surface area contributed by atoms with Crippen molar-refractivity contribution in [3.05, 3.63) is 60.5 Å². The molecule has 6 nitrogen and oxygen atoms in total. The zero-order chi connectivity index (χ0) is 17.3. The van der Waals surface area contributed by atoms with Gasteiger partial charge in [-0.3, -0.25) is 0 Å². The van der Waals surface area contributed by atoms with Gasteiger partial charge in [-0.15, -0.1) is 0 Å². The molecule has 7 heteroatoms. The summed E-state index contributed by atoms with van der Waals surface area (Å²) in [4.78, 5) is 4.25. The van der Waals surface area contributed by atoms with Gasteiger partial charge in [0.05, 0.1) is 4.90 Å². The zero-order valence-corrected chi connectivity index (χ0v) is 13.7. The summed E-state index contributed by atoms with van der Waals surface area (Å²) in [6, 6.07) is 15.4. The molecule has 0 aliphatic carbocycles. The van der Waals surface area contributed by atoms with Crippen LogP contribution in [0.2, 0.25) is 0 Å². The van der Waals surface area contributed by atoms with Gasteiger partial charge in [0, 0.05) is 11.1 Å². The first-order valence-corrected chi connectivity index (χ1v) is 8.79. The number of aliphatic hydroxyl groups excluding tert-OH is 1. The van der Waals surface area contributed by atoms with E-state index in [0.717, 1.165) is 5.56 Å². The molecule has 1 heterocycles. The summed E-state index contributed by atoms with van der Waals surface area (Å²) >= 11 is 0. The quantitative estimate of drug-likeness (QED) is 0.757. The molecule has 0 fully saturated rings. The third-order valence-electron chi connectivity index (χ3n) is 3.49. The normalized spacial score (nSPS) is 13.0. The van der Waals surface area contributed by atoms with Crippen LogP contribution < -0.4 is 5.14 Å². The maximum Gasteiger partial charge on any atom is 0.238 e. The number of hydrogen-bond donors (Lipinski definition) is 2. The molecule has 1 aromatic heterocycles. The lowest BCUT2D eigenvalue weighted by Gasteiger charge is -2.06. The van der Waals surface area contributed by atoms with Crippen LogP contribution in [0.15, 0.2) is 63.9 Å². The predicted octanol–water partition coefficient (Wildman–Crippen LogP) is 2.71. The van der Waals surface area contributed by atoms with E-state index in [1.54, 1.807) is 18.2 Å². The fourth-order valence-corrected chi connectivity index (χ4v) is 3.13. The average molecular weight is 344 g/mol. The van der Waals surface area contributed by atoms with Gasteiger partial charge in [-0.25, -0.2) is 18.5 Å². The van der Waals surface area contributed by atoms with Crippen LogP contribution in [0.3, 0.4) is 0 Å². The van der Waals surface area contributed by atoms with Crippen molar-refractivity contribution < 1.29 is 17.9 Å². The molecule has 0 saturated carbocycles. The molecule has 1 atom stereocenters. The maximum atomic E-state index is 11.9. The topological polar surface area (TPSA) is 106 Å². The van der Waals surface area contributed by atoms with E-state index in [-0.39, 0.29) is 10.8 Å². The van der Waals surface area contributed by atoms with Crippen molar-refractivity contribution in [3.8, 4) is 22.6 Å². The zero-order valence-electron chi connectivity index (χ0n) is 12.9. The van der Waals surface area contributed by atoms with Crippen LogP contribution in [0.4, 0.5) is 0 Å². The summed E-state index contributed by atoms with van der Waals surface area (Å²) in [6.45, 7) is 1.52. The van der Waals surface area contributed by atoms with Crippen molar-refractivity contribution in [3.63, 3.8) is 0 Å². The Balaban J connectivity index is 2.30. The highest BCUT2D eigenvalue weighted by Gasteiger charge is 2.24. The molecule has 3 N–H and O–H groups in total. The van der Waals surface area contributed by atoms with Gasteiger partial charge in [-0.1, -0.05) is 48.5 Å². The minimum Gasteiger partial charge on any atom is -0.437 e. The van der Waals surface area contributed by atoms with Crippen molar-refractivity contribution in [1.29, 1.82) is 0 Å². The SMILES string of the molecule is CC(O)c1nc(-c2ccccc2S(N)(=O)=O)c(-c2ccccc2)o1. The standard InChI is InChI=1S/C17H16N2O4S/c1-11(20)17-19-15(16(23-17)12-7-3-2-4-8-12)13-9-5-6-10-14(13)24(18,21)22/h2-11,20H,1H3,(H2,18,21,22). The lowest BCUT2D eigenvalue weighted by molar-refractivity contribution is 0.164. The number of rotatable bonds is 4. The third kappa shape index (κ3) is 3.09. The second-order valence-corrected chi connectivity index (χ2v) is 6.84. The highest BCUT2D eigenvalue weighted by atomic mass is 32.2. The van der Waals surface area contributed by atoms with Crippen LogP contribution in [-0.4, -0.2) is 18.5 Å². The van der Waals surface area contributed by atoms with Crippen LogP contribution in [0.25, 0.3) is 22.6 Å². The van der Waals surface area contributed by atoms with Crippen LogP contribution in [-0.2, 0) is 10.0 Å². The van der Waals surface area contributed by atoms with Crippen LogP contribution in [0.5, 0.6) is 0 Å². The predicted molar refractivity (Wildman–Crippen MR) is 89.4 cm³/mol. The summed E-state index contributed by atoms with van der Waals surface area (Å²) in [7, 11) is -3.94. The molecule has 0 aliphatic heterocycles. The highest BCUT2D eigenvalue weighted by Crippen LogP contribution is 2.36. The molecule has 3 aromatic rings. The third-order valence-corrected chi connectivity index (χ3v) is 4.45. The van der Waals surface area contributed by atoms with E-state index in [0.29, 0.717) is 17.0 Å². The summed E-state index contributed by atoms with van der Waals surface area (Å²) in [5.74, 6) is 0.482. The number of nitrogens with zero attached hydrogens (tertiary/aromatic N) is 1. The number of oxazole rings is 1. The van der Waals surface area contributed by atoms with Crippen molar-refractivity contribution in [1.82, 2.24) is 4.98 Å². The Kier molecular flexibility index (Phi) is 4.23. The molecule has 0 aliphatic rings. The number of benzene rings is 2. The Hall–Kier alpha value is -2.48. The number of sulfonamides is 1. The smallest absolute Gasteiger partial charge is 0.238 e. The molecule has 1 unspecified atom stereocenters. The molecule has 0 spiro atoms. The number of primary sulfonamides is 1. The number of aliphatic hydroxyl groups is 1. The monoisotopic (exact) mass is 344 g/mol. The first-order valence-electron chi connectivity index (χ1n) is 7.24. The molecule has 24 heavy (non-hydrogen) atoms. The van der Waals surface area contributed by atoms with Crippen molar-refractivity contribution in [2.45, 2.75) is 17.9 Å². The number of nitrogens with two attached hydrogens (primary N) is 1. The maximum absolute atomic E-state index is 11.9. The van der Waals surface area contributed by atoms with Crippen LogP contribution in [0.1, 0.15) is 18.9 Å². The van der Waals surface area contributed by atoms with E-state index in [9.17, 15) is 13.5 Å². The van der Waals surface area contributed by atoms with E-state index < -0.39 is 16.1 Å². The van der Waals surface area contributed by atoms with Gasteiger partial charge in [-0.2, -0.15) is 0 Å². The molecular formula is C17H16N2O4S. The Labute approximate surface area is 139 Å². The highest BCUT2D eigenvalue weighted by molar-refractivity contribution is 7.89. The van der Waals surface area contributed by atoms with Gasteiger partial charge in [0.1, 0.15) is 11.8 Å². The van der Waals surface area contributed by atoms with Crippen molar-refractivity contribution in [2.24, 2.45) is 5.14 Å². The summed E-state index contributed by atoms with van der Waals surface area (Å²) in [5.41, 5.74) is 1.37. The second-order valence-electron chi connectivity index (χ2n) is 5.31.